The van der Waals surface area contributed by atoms with E-state index in [1.807, 2.05) is 6.07 Å². The molecule has 7 nitrogen and oxygen atoms in total. The van der Waals surface area contributed by atoms with Crippen LogP contribution in [-0.2, 0) is 0 Å². The highest BCUT2D eigenvalue weighted by atomic mass is 35.5. The Hall–Kier alpha value is -4.03. The van der Waals surface area contributed by atoms with Crippen LogP contribution in [0.1, 0.15) is 24.2 Å². The Morgan fingerprint density at radius 3 is 2.62 bits per heavy atom. The summed E-state index contributed by atoms with van der Waals surface area (Å²) in [5, 5.41) is 13.3. The molecule has 2 aromatic heterocycles. The van der Waals surface area contributed by atoms with E-state index in [9.17, 15) is 18.8 Å². The molecule has 32 heavy (non-hydrogen) atoms. The van der Waals surface area contributed by atoms with Crippen molar-refractivity contribution in [1.82, 2.24) is 14.5 Å². The highest BCUT2D eigenvalue weighted by molar-refractivity contribution is 6.35. The van der Waals surface area contributed by atoms with Crippen molar-refractivity contribution < 1.29 is 8.78 Å². The molecular weight excluding hydrogens is 438 g/mol. The normalized spacial score (nSPS) is 11.8. The van der Waals surface area contributed by atoms with E-state index in [0.717, 1.165) is 12.1 Å². The Labute approximate surface area is 185 Å². The quantitative estimate of drug-likeness (QED) is 0.476. The number of nitrogens with one attached hydrogen (secondary N) is 1. The molecule has 0 aliphatic rings. The van der Waals surface area contributed by atoms with Crippen LogP contribution < -0.4 is 16.6 Å². The maximum absolute atomic E-state index is 14.0. The highest BCUT2D eigenvalue weighted by Crippen LogP contribution is 2.28. The molecule has 2 aromatic carbocycles. The van der Waals surface area contributed by atoms with E-state index >= 15 is 0 Å². The molecule has 1 atom stereocenters. The van der Waals surface area contributed by atoms with Gasteiger partial charge in [0.2, 0.25) is 5.95 Å². The van der Waals surface area contributed by atoms with Crippen molar-refractivity contribution in [3.05, 3.63) is 86.9 Å². The van der Waals surface area contributed by atoms with E-state index in [4.69, 9.17) is 17.3 Å². The molecule has 10 heteroatoms. The molecule has 0 aliphatic heterocycles. The fourth-order valence-corrected chi connectivity index (χ4v) is 3.72. The number of pyridine rings is 1. The molecule has 2 heterocycles. The second kappa shape index (κ2) is 8.24. The van der Waals surface area contributed by atoms with Crippen molar-refractivity contribution >= 4 is 34.1 Å². The first-order valence-corrected chi connectivity index (χ1v) is 9.76. The molecule has 0 saturated carbocycles. The number of anilines is 2. The van der Waals surface area contributed by atoms with E-state index in [2.05, 4.69) is 15.3 Å². The van der Waals surface area contributed by atoms with E-state index in [1.54, 1.807) is 31.2 Å². The van der Waals surface area contributed by atoms with Crippen molar-refractivity contribution in [2.24, 2.45) is 0 Å². The first kappa shape index (κ1) is 21.2. The van der Waals surface area contributed by atoms with Gasteiger partial charge < -0.3 is 11.1 Å². The second-order valence-corrected chi connectivity index (χ2v) is 7.42. The molecule has 0 radical (unpaired) electrons. The summed E-state index contributed by atoms with van der Waals surface area (Å²) < 4.78 is 29.2. The van der Waals surface area contributed by atoms with Gasteiger partial charge in [-0.3, -0.25) is 9.36 Å². The molecule has 0 unspecified atom stereocenters. The van der Waals surface area contributed by atoms with Crippen LogP contribution >= 0.6 is 11.6 Å². The van der Waals surface area contributed by atoms with Gasteiger partial charge in [0, 0.05) is 11.8 Å². The highest BCUT2D eigenvalue weighted by Gasteiger charge is 2.20. The average Bonchev–Trinajstić information content (AvgIpc) is 2.73. The summed E-state index contributed by atoms with van der Waals surface area (Å²) in [4.78, 5) is 21.3. The van der Waals surface area contributed by atoms with E-state index in [0.29, 0.717) is 17.1 Å². The lowest BCUT2D eigenvalue weighted by Gasteiger charge is -2.22. The number of hydrogen-bond acceptors (Lipinski definition) is 6. The van der Waals surface area contributed by atoms with Crippen molar-refractivity contribution in [2.45, 2.75) is 13.0 Å². The van der Waals surface area contributed by atoms with E-state index in [-0.39, 0.29) is 33.4 Å². The number of nitriles is 1. The molecule has 0 saturated heterocycles. The van der Waals surface area contributed by atoms with Gasteiger partial charge in [-0.2, -0.15) is 10.2 Å². The van der Waals surface area contributed by atoms with Crippen molar-refractivity contribution in [3.63, 3.8) is 0 Å². The maximum Gasteiger partial charge on any atom is 0.264 e. The van der Waals surface area contributed by atoms with Crippen LogP contribution in [0.4, 0.5) is 20.5 Å². The van der Waals surface area contributed by atoms with Crippen LogP contribution in [-0.4, -0.2) is 14.5 Å². The minimum Gasteiger partial charge on any atom is -0.368 e. The SMILES string of the molecule is C[C@H](Nc1nc(N)ncc1C#N)c1cc2cccc(Cl)c2c(=O)n1-c1cc(F)cc(F)c1. The summed E-state index contributed by atoms with van der Waals surface area (Å²) in [7, 11) is 0. The Balaban J connectivity index is 1.97. The smallest absolute Gasteiger partial charge is 0.264 e. The van der Waals surface area contributed by atoms with Gasteiger partial charge in [-0.1, -0.05) is 23.7 Å². The number of benzene rings is 2. The lowest BCUT2D eigenvalue weighted by Crippen LogP contribution is -2.26. The van der Waals surface area contributed by atoms with Crippen LogP contribution in [0.5, 0.6) is 0 Å². The zero-order valence-electron chi connectivity index (χ0n) is 16.6. The first-order chi connectivity index (χ1) is 15.3. The molecule has 4 rings (SSSR count). The van der Waals surface area contributed by atoms with E-state index in [1.165, 1.54) is 10.8 Å². The molecule has 3 N–H and O–H groups in total. The molecule has 0 aliphatic carbocycles. The lowest BCUT2D eigenvalue weighted by molar-refractivity contribution is 0.580. The zero-order valence-corrected chi connectivity index (χ0v) is 17.4. The zero-order chi connectivity index (χ0) is 23.0. The predicted molar refractivity (Wildman–Crippen MR) is 118 cm³/mol. The number of halogens is 3. The lowest BCUT2D eigenvalue weighted by atomic mass is 10.1. The minimum atomic E-state index is -0.840. The number of rotatable bonds is 4. The minimum absolute atomic E-state index is 0.0133. The standard InChI is InChI=1S/C22H15ClF2N6O/c1-11(29-20-13(9-26)10-28-22(27)30-20)18-5-12-3-2-4-17(23)19(12)21(32)31(18)16-7-14(24)6-15(25)8-16/h2-8,10-11H,1H3,(H3,27,28,29,30)/t11-/m0/s1. The second-order valence-electron chi connectivity index (χ2n) is 7.01. The largest absolute Gasteiger partial charge is 0.368 e. The number of aromatic nitrogens is 3. The summed E-state index contributed by atoms with van der Waals surface area (Å²) >= 11 is 6.26. The molecule has 4 aromatic rings. The summed E-state index contributed by atoms with van der Waals surface area (Å²) in [6.45, 7) is 1.71. The topological polar surface area (TPSA) is 110 Å². The van der Waals surface area contributed by atoms with Crippen molar-refractivity contribution in [1.29, 1.82) is 5.26 Å². The Morgan fingerprint density at radius 1 is 1.22 bits per heavy atom. The summed E-state index contributed by atoms with van der Waals surface area (Å²) in [5.41, 5.74) is 5.57. The molecular formula is C22H15ClF2N6O. The van der Waals surface area contributed by atoms with Gasteiger partial charge in [0.25, 0.3) is 5.56 Å². The van der Waals surface area contributed by atoms with Crippen LogP contribution in [0, 0.1) is 23.0 Å². The van der Waals surface area contributed by atoms with Crippen LogP contribution in [0.25, 0.3) is 16.5 Å². The van der Waals surface area contributed by atoms with Crippen LogP contribution in [0.2, 0.25) is 5.02 Å². The van der Waals surface area contributed by atoms with Gasteiger partial charge in [0.1, 0.15) is 29.1 Å². The number of nitrogens with zero attached hydrogens (tertiary/aromatic N) is 4. The first-order valence-electron chi connectivity index (χ1n) is 9.38. The monoisotopic (exact) mass is 452 g/mol. The molecule has 160 valence electrons. The van der Waals surface area contributed by atoms with Crippen molar-refractivity contribution in [3.8, 4) is 11.8 Å². The predicted octanol–water partition coefficient (Wildman–Crippen LogP) is 4.34. The Kier molecular flexibility index (Phi) is 5.47. The van der Waals surface area contributed by atoms with Crippen LogP contribution in [0.15, 0.2) is 53.5 Å². The van der Waals surface area contributed by atoms with E-state index < -0.39 is 23.2 Å². The summed E-state index contributed by atoms with van der Waals surface area (Å²) in [6.07, 6.45) is 1.27. The fourth-order valence-electron chi connectivity index (χ4n) is 3.46. The molecule has 0 bridgehead atoms. The van der Waals surface area contributed by atoms with Crippen LogP contribution in [0.3, 0.4) is 0 Å². The number of nitrogen functional groups attached to an aromatic ring is 1. The summed E-state index contributed by atoms with van der Waals surface area (Å²) in [6, 6.07) is 10.8. The molecule has 0 fully saturated rings. The molecule has 0 amide bonds. The van der Waals surface area contributed by atoms with Gasteiger partial charge in [0.15, 0.2) is 0 Å². The number of fused-ring (bicyclic) bond motifs is 1. The Morgan fingerprint density at radius 2 is 1.94 bits per heavy atom. The summed E-state index contributed by atoms with van der Waals surface area (Å²) in [5.74, 6) is -1.57. The third-order valence-electron chi connectivity index (χ3n) is 4.85. The van der Waals surface area contributed by atoms with Gasteiger partial charge in [-0.15, -0.1) is 0 Å². The Bertz CT molecular complexity index is 1440. The fraction of sp³-hybridized carbons (Fsp3) is 0.0909. The molecule has 0 spiro atoms. The van der Waals surface area contributed by atoms with Crippen molar-refractivity contribution in [2.75, 3.05) is 11.1 Å². The van der Waals surface area contributed by atoms with Gasteiger partial charge >= 0.3 is 0 Å². The maximum atomic E-state index is 14.0. The van der Waals surface area contributed by atoms with Gasteiger partial charge in [-0.25, -0.2) is 13.8 Å². The third kappa shape index (κ3) is 3.84. The number of nitrogens with two attached hydrogens (primary N) is 1. The number of hydrogen-bond donors (Lipinski definition) is 2. The average molecular weight is 453 g/mol. The van der Waals surface area contributed by atoms with Gasteiger partial charge in [0.05, 0.1) is 28.3 Å². The van der Waals surface area contributed by atoms with Gasteiger partial charge in [-0.05, 0) is 36.6 Å². The third-order valence-corrected chi connectivity index (χ3v) is 5.17.